The predicted molar refractivity (Wildman–Crippen MR) is 94.9 cm³/mol. The Morgan fingerprint density at radius 1 is 1.15 bits per heavy atom. The third kappa shape index (κ3) is 4.45. The highest BCUT2D eigenvalue weighted by molar-refractivity contribution is 5.79. The van der Waals surface area contributed by atoms with Crippen molar-refractivity contribution in [3.63, 3.8) is 0 Å². The maximum Gasteiger partial charge on any atom is 0.416 e. The first kappa shape index (κ1) is 19.7. The van der Waals surface area contributed by atoms with Crippen LogP contribution >= 0.6 is 0 Å². The standard InChI is InChI=1S/C20H25F3N2O2/c1-2-24-13-19(10-8-17(24)26)9-3-11-25(14-19)18(27)12-15-4-6-16(7-5-15)20(21,22)23/h4-7H,2-3,8-14H2,1H3/t19-/m1/s1. The fourth-order valence-electron chi connectivity index (χ4n) is 4.24. The van der Waals surface area contributed by atoms with E-state index in [0.717, 1.165) is 31.4 Å². The number of amides is 2. The molecule has 7 heteroatoms. The first-order chi connectivity index (χ1) is 12.7. The Bertz CT molecular complexity index is 702. The van der Waals surface area contributed by atoms with E-state index < -0.39 is 11.7 Å². The molecule has 0 radical (unpaired) electrons. The summed E-state index contributed by atoms with van der Waals surface area (Å²) in [5.41, 5.74) is -0.165. The van der Waals surface area contributed by atoms with Gasteiger partial charge in [-0.1, -0.05) is 12.1 Å². The lowest BCUT2D eigenvalue weighted by Gasteiger charge is -2.48. The van der Waals surface area contributed by atoms with Crippen LogP contribution in [0.1, 0.15) is 43.7 Å². The number of carbonyl (C=O) groups is 2. The van der Waals surface area contributed by atoms with Gasteiger partial charge < -0.3 is 9.80 Å². The van der Waals surface area contributed by atoms with Crippen molar-refractivity contribution in [2.75, 3.05) is 26.2 Å². The molecule has 0 unspecified atom stereocenters. The van der Waals surface area contributed by atoms with Gasteiger partial charge in [0, 0.05) is 38.0 Å². The summed E-state index contributed by atoms with van der Waals surface area (Å²) in [4.78, 5) is 28.4. The Morgan fingerprint density at radius 3 is 2.48 bits per heavy atom. The number of halogens is 3. The Hall–Kier alpha value is -2.05. The van der Waals surface area contributed by atoms with Crippen LogP contribution in [0, 0.1) is 5.41 Å². The Kier molecular flexibility index (Phi) is 5.49. The minimum Gasteiger partial charge on any atom is -0.342 e. The molecule has 148 valence electrons. The number of piperidine rings is 2. The van der Waals surface area contributed by atoms with Crippen LogP contribution in [0.5, 0.6) is 0 Å². The lowest BCUT2D eigenvalue weighted by Crippen LogP contribution is -2.55. The minimum atomic E-state index is -4.37. The average molecular weight is 382 g/mol. The van der Waals surface area contributed by atoms with Crippen molar-refractivity contribution in [1.82, 2.24) is 9.80 Å². The van der Waals surface area contributed by atoms with Crippen molar-refractivity contribution in [3.05, 3.63) is 35.4 Å². The van der Waals surface area contributed by atoms with E-state index >= 15 is 0 Å². The van der Waals surface area contributed by atoms with E-state index in [-0.39, 0.29) is 23.7 Å². The summed E-state index contributed by atoms with van der Waals surface area (Å²) in [6.07, 6.45) is -1.05. The van der Waals surface area contributed by atoms with Crippen molar-refractivity contribution < 1.29 is 22.8 Å². The van der Waals surface area contributed by atoms with Gasteiger partial charge in [-0.05, 0) is 43.9 Å². The van der Waals surface area contributed by atoms with Crippen LogP contribution in [0.25, 0.3) is 0 Å². The first-order valence-electron chi connectivity index (χ1n) is 9.44. The largest absolute Gasteiger partial charge is 0.416 e. The van der Waals surface area contributed by atoms with Gasteiger partial charge in [-0.25, -0.2) is 0 Å². The van der Waals surface area contributed by atoms with E-state index in [1.54, 1.807) is 0 Å². The Balaban J connectivity index is 1.64. The summed E-state index contributed by atoms with van der Waals surface area (Å²) in [6.45, 7) is 4.62. The van der Waals surface area contributed by atoms with E-state index in [2.05, 4.69) is 0 Å². The molecule has 2 amide bonds. The molecule has 2 saturated heterocycles. The van der Waals surface area contributed by atoms with Crippen LogP contribution in [0.2, 0.25) is 0 Å². The number of hydrogen-bond acceptors (Lipinski definition) is 2. The first-order valence-corrected chi connectivity index (χ1v) is 9.44. The molecule has 1 spiro atoms. The van der Waals surface area contributed by atoms with Crippen LogP contribution in [0.15, 0.2) is 24.3 Å². The molecule has 1 aromatic rings. The molecular formula is C20H25F3N2O2. The Morgan fingerprint density at radius 2 is 1.85 bits per heavy atom. The molecule has 0 aromatic heterocycles. The normalized spacial score (nSPS) is 23.8. The monoisotopic (exact) mass is 382 g/mol. The number of carbonyl (C=O) groups excluding carboxylic acids is 2. The van der Waals surface area contributed by atoms with Crippen molar-refractivity contribution >= 4 is 11.8 Å². The summed E-state index contributed by atoms with van der Waals surface area (Å²) in [5, 5.41) is 0. The fraction of sp³-hybridized carbons (Fsp3) is 0.600. The summed E-state index contributed by atoms with van der Waals surface area (Å²) in [6, 6.07) is 4.79. The second kappa shape index (κ2) is 7.52. The summed E-state index contributed by atoms with van der Waals surface area (Å²) in [5.74, 6) is 0.116. The maximum absolute atomic E-state index is 12.7. The van der Waals surface area contributed by atoms with Gasteiger partial charge in [-0.3, -0.25) is 9.59 Å². The molecule has 2 aliphatic rings. The molecule has 4 nitrogen and oxygen atoms in total. The van der Waals surface area contributed by atoms with Crippen LogP contribution < -0.4 is 0 Å². The van der Waals surface area contributed by atoms with Crippen molar-refractivity contribution in [1.29, 1.82) is 0 Å². The van der Waals surface area contributed by atoms with E-state index in [4.69, 9.17) is 0 Å². The van der Waals surface area contributed by atoms with Gasteiger partial charge >= 0.3 is 6.18 Å². The summed E-state index contributed by atoms with van der Waals surface area (Å²) < 4.78 is 38.0. The van der Waals surface area contributed by atoms with Crippen LogP contribution in [0.3, 0.4) is 0 Å². The van der Waals surface area contributed by atoms with Gasteiger partial charge in [0.1, 0.15) is 0 Å². The third-order valence-electron chi connectivity index (χ3n) is 5.78. The van der Waals surface area contributed by atoms with Crippen molar-refractivity contribution in [2.45, 2.75) is 45.2 Å². The van der Waals surface area contributed by atoms with E-state index in [0.29, 0.717) is 38.2 Å². The second-order valence-electron chi connectivity index (χ2n) is 7.70. The highest BCUT2D eigenvalue weighted by atomic mass is 19.4. The molecule has 0 saturated carbocycles. The molecular weight excluding hydrogens is 357 g/mol. The van der Waals surface area contributed by atoms with Crippen LogP contribution in [0.4, 0.5) is 13.2 Å². The molecule has 3 rings (SSSR count). The molecule has 1 aromatic carbocycles. The molecule has 0 N–H and O–H groups in total. The number of nitrogens with zero attached hydrogens (tertiary/aromatic N) is 2. The zero-order valence-corrected chi connectivity index (χ0v) is 15.5. The highest BCUT2D eigenvalue weighted by Crippen LogP contribution is 2.39. The topological polar surface area (TPSA) is 40.6 Å². The quantitative estimate of drug-likeness (QED) is 0.803. The highest BCUT2D eigenvalue weighted by Gasteiger charge is 2.42. The maximum atomic E-state index is 12.7. The molecule has 0 aliphatic carbocycles. The number of benzene rings is 1. The van der Waals surface area contributed by atoms with Crippen molar-refractivity contribution in [2.24, 2.45) is 5.41 Å². The lowest BCUT2D eigenvalue weighted by atomic mass is 9.73. The van der Waals surface area contributed by atoms with Gasteiger partial charge in [0.25, 0.3) is 0 Å². The number of hydrogen-bond donors (Lipinski definition) is 0. The van der Waals surface area contributed by atoms with Gasteiger partial charge in [-0.15, -0.1) is 0 Å². The smallest absolute Gasteiger partial charge is 0.342 e. The number of alkyl halides is 3. The third-order valence-corrected chi connectivity index (χ3v) is 5.78. The fourth-order valence-corrected chi connectivity index (χ4v) is 4.24. The van der Waals surface area contributed by atoms with Gasteiger partial charge in [0.15, 0.2) is 0 Å². The van der Waals surface area contributed by atoms with Crippen LogP contribution in [-0.2, 0) is 22.2 Å². The van der Waals surface area contributed by atoms with E-state index in [9.17, 15) is 22.8 Å². The number of likely N-dealkylation sites (tertiary alicyclic amines) is 2. The second-order valence-corrected chi connectivity index (χ2v) is 7.70. The summed E-state index contributed by atoms with van der Waals surface area (Å²) in [7, 11) is 0. The predicted octanol–water partition coefficient (Wildman–Crippen LogP) is 3.50. The SMILES string of the molecule is CCN1C[C@@]2(CCCN(C(=O)Cc3ccc(C(F)(F)F)cc3)C2)CCC1=O. The summed E-state index contributed by atoms with van der Waals surface area (Å²) >= 11 is 0. The Labute approximate surface area is 157 Å². The molecule has 2 heterocycles. The molecule has 0 bridgehead atoms. The average Bonchev–Trinajstić information content (AvgIpc) is 2.64. The minimum absolute atomic E-state index is 0.0437. The lowest BCUT2D eigenvalue weighted by molar-refractivity contribution is -0.142. The van der Waals surface area contributed by atoms with Gasteiger partial charge in [-0.2, -0.15) is 13.2 Å². The molecule has 2 aliphatic heterocycles. The van der Waals surface area contributed by atoms with Gasteiger partial charge in [0.05, 0.1) is 12.0 Å². The number of rotatable bonds is 3. The zero-order valence-electron chi connectivity index (χ0n) is 15.5. The van der Waals surface area contributed by atoms with Crippen molar-refractivity contribution in [3.8, 4) is 0 Å². The van der Waals surface area contributed by atoms with E-state index in [1.165, 1.54) is 12.1 Å². The zero-order chi connectivity index (χ0) is 19.7. The van der Waals surface area contributed by atoms with E-state index in [1.807, 2.05) is 16.7 Å². The molecule has 1 atom stereocenters. The molecule has 2 fully saturated rings. The molecule has 27 heavy (non-hydrogen) atoms. The van der Waals surface area contributed by atoms with Gasteiger partial charge in [0.2, 0.25) is 11.8 Å². The van der Waals surface area contributed by atoms with Crippen LogP contribution in [-0.4, -0.2) is 47.8 Å².